The van der Waals surface area contributed by atoms with Crippen molar-refractivity contribution in [2.75, 3.05) is 5.75 Å². The van der Waals surface area contributed by atoms with Crippen molar-refractivity contribution in [2.45, 2.75) is 5.75 Å². The molecule has 2 aromatic rings. The molecular formula is C19H14ClNO5S2. The Morgan fingerprint density at radius 3 is 2.36 bits per heavy atom. The van der Waals surface area contributed by atoms with Gasteiger partial charge in [-0.15, -0.1) is 11.8 Å². The fourth-order valence-electron chi connectivity index (χ4n) is 2.60. The van der Waals surface area contributed by atoms with E-state index in [1.54, 1.807) is 48.5 Å². The summed E-state index contributed by atoms with van der Waals surface area (Å²) in [5.74, 6) is -2.07. The Balaban J connectivity index is 1.99. The number of hydrogen-bond acceptors (Lipinski definition) is 5. The van der Waals surface area contributed by atoms with Crippen molar-refractivity contribution < 1.29 is 23.1 Å². The SMILES string of the molecule is O=C(O)CSC1=CC(=NS(=O)(=O)Cc2ccc(Cl)cc2)c2ccccc2C1=O. The molecule has 0 unspecified atom stereocenters. The van der Waals surface area contributed by atoms with E-state index in [2.05, 4.69) is 4.40 Å². The zero-order chi connectivity index (χ0) is 20.3. The van der Waals surface area contributed by atoms with E-state index in [0.717, 1.165) is 11.8 Å². The molecular weight excluding hydrogens is 422 g/mol. The van der Waals surface area contributed by atoms with Crippen molar-refractivity contribution in [3.8, 4) is 0 Å². The van der Waals surface area contributed by atoms with Crippen LogP contribution in [0.25, 0.3) is 0 Å². The second-order valence-electron chi connectivity index (χ2n) is 5.89. The van der Waals surface area contributed by atoms with Crippen LogP contribution in [0.2, 0.25) is 5.02 Å². The number of thioether (sulfide) groups is 1. The van der Waals surface area contributed by atoms with Gasteiger partial charge in [0.15, 0.2) is 5.78 Å². The highest BCUT2D eigenvalue weighted by Gasteiger charge is 2.26. The van der Waals surface area contributed by atoms with E-state index in [-0.39, 0.29) is 27.9 Å². The highest BCUT2D eigenvalue weighted by Crippen LogP contribution is 2.29. The molecule has 1 aliphatic rings. The first-order valence-electron chi connectivity index (χ1n) is 8.03. The molecule has 9 heteroatoms. The molecule has 144 valence electrons. The van der Waals surface area contributed by atoms with E-state index in [1.165, 1.54) is 6.08 Å². The number of rotatable bonds is 6. The number of carboxylic acid groups (broad SMARTS) is 1. The number of nitrogens with zero attached hydrogens (tertiary/aromatic N) is 1. The molecule has 3 rings (SSSR count). The van der Waals surface area contributed by atoms with E-state index in [0.29, 0.717) is 21.7 Å². The molecule has 0 saturated heterocycles. The maximum atomic E-state index is 12.6. The quantitative estimate of drug-likeness (QED) is 0.744. The minimum Gasteiger partial charge on any atom is -0.481 e. The first kappa shape index (κ1) is 20.3. The number of hydrogen-bond donors (Lipinski definition) is 1. The summed E-state index contributed by atoms with van der Waals surface area (Å²) >= 11 is 6.65. The molecule has 0 amide bonds. The Kier molecular flexibility index (Phi) is 6.02. The first-order chi connectivity index (χ1) is 13.2. The number of benzene rings is 2. The van der Waals surface area contributed by atoms with Gasteiger partial charge in [0, 0.05) is 16.1 Å². The smallest absolute Gasteiger partial charge is 0.313 e. The summed E-state index contributed by atoms with van der Waals surface area (Å²) in [6.07, 6.45) is 1.33. The van der Waals surface area contributed by atoms with Crippen LogP contribution in [0.15, 0.2) is 63.9 Å². The van der Waals surface area contributed by atoms with E-state index in [9.17, 15) is 18.0 Å². The Morgan fingerprint density at radius 2 is 1.71 bits per heavy atom. The number of carbonyl (C=O) groups excluding carboxylic acids is 1. The lowest BCUT2D eigenvalue weighted by molar-refractivity contribution is -0.133. The molecule has 0 aliphatic heterocycles. The van der Waals surface area contributed by atoms with Crippen LogP contribution in [0, 0.1) is 0 Å². The van der Waals surface area contributed by atoms with Crippen molar-refractivity contribution in [2.24, 2.45) is 4.40 Å². The summed E-state index contributed by atoms with van der Waals surface area (Å²) in [6, 6.07) is 12.9. The van der Waals surface area contributed by atoms with Crippen LogP contribution >= 0.6 is 23.4 Å². The number of allylic oxidation sites excluding steroid dienone is 2. The summed E-state index contributed by atoms with van der Waals surface area (Å²) < 4.78 is 29.1. The lowest BCUT2D eigenvalue weighted by Gasteiger charge is -2.16. The standard InChI is InChI=1S/C19H14ClNO5S2/c20-13-7-5-12(6-8-13)11-28(25,26)21-16-9-17(27-10-18(22)23)19(24)15-4-2-1-3-14(15)16/h1-9H,10-11H2,(H,22,23). The summed E-state index contributed by atoms with van der Waals surface area (Å²) in [6.45, 7) is 0. The van der Waals surface area contributed by atoms with Crippen LogP contribution in [0.5, 0.6) is 0 Å². The molecule has 2 aromatic carbocycles. The molecule has 0 aromatic heterocycles. The topological polar surface area (TPSA) is 101 Å². The molecule has 0 atom stereocenters. The molecule has 0 spiro atoms. The molecule has 1 aliphatic carbocycles. The van der Waals surface area contributed by atoms with Crippen LogP contribution in [0.1, 0.15) is 21.5 Å². The predicted octanol–water partition coefficient (Wildman–Crippen LogP) is 3.56. The van der Waals surface area contributed by atoms with Gasteiger partial charge in [-0.05, 0) is 23.8 Å². The minimum absolute atomic E-state index is 0.108. The number of Topliss-reactive ketones (excluding diaryl/α,β-unsaturated/α-hetero) is 1. The lowest BCUT2D eigenvalue weighted by atomic mass is 9.94. The molecule has 0 radical (unpaired) electrons. The number of carbonyl (C=O) groups is 2. The van der Waals surface area contributed by atoms with Crippen molar-refractivity contribution in [1.82, 2.24) is 0 Å². The van der Waals surface area contributed by atoms with E-state index < -0.39 is 16.0 Å². The minimum atomic E-state index is -3.90. The van der Waals surface area contributed by atoms with Gasteiger partial charge in [-0.3, -0.25) is 9.59 Å². The highest BCUT2D eigenvalue weighted by molar-refractivity contribution is 8.04. The summed E-state index contributed by atoms with van der Waals surface area (Å²) in [5, 5.41) is 9.36. The number of fused-ring (bicyclic) bond motifs is 1. The van der Waals surface area contributed by atoms with Crippen LogP contribution < -0.4 is 0 Å². The number of aliphatic carboxylic acids is 1. The van der Waals surface area contributed by atoms with Gasteiger partial charge in [-0.1, -0.05) is 48.0 Å². The van der Waals surface area contributed by atoms with E-state index in [1.807, 2.05) is 0 Å². The third-order valence-electron chi connectivity index (χ3n) is 3.79. The lowest BCUT2D eigenvalue weighted by Crippen LogP contribution is -2.18. The zero-order valence-electron chi connectivity index (χ0n) is 14.3. The maximum Gasteiger partial charge on any atom is 0.313 e. The molecule has 0 saturated carbocycles. The second kappa shape index (κ2) is 8.30. The average Bonchev–Trinajstić information content (AvgIpc) is 2.64. The van der Waals surface area contributed by atoms with Gasteiger partial charge in [-0.25, -0.2) is 8.42 Å². The Hall–Kier alpha value is -2.42. The molecule has 0 heterocycles. The maximum absolute atomic E-state index is 12.6. The van der Waals surface area contributed by atoms with E-state index in [4.69, 9.17) is 16.7 Å². The predicted molar refractivity (Wildman–Crippen MR) is 110 cm³/mol. The normalized spacial score (nSPS) is 15.2. The fraction of sp³-hybridized carbons (Fsp3) is 0.105. The van der Waals surface area contributed by atoms with Crippen molar-refractivity contribution in [3.05, 3.63) is 81.2 Å². The molecule has 6 nitrogen and oxygen atoms in total. The second-order valence-corrected chi connectivity index (χ2v) is 8.98. The van der Waals surface area contributed by atoms with Crippen LogP contribution in [-0.2, 0) is 20.6 Å². The number of ketones is 1. The molecule has 1 N–H and O–H groups in total. The third kappa shape index (κ3) is 4.89. The Bertz CT molecular complexity index is 1110. The fourth-order valence-corrected chi connectivity index (χ4v) is 4.57. The third-order valence-corrected chi connectivity index (χ3v) is 6.22. The van der Waals surface area contributed by atoms with Crippen molar-refractivity contribution in [3.63, 3.8) is 0 Å². The molecule has 0 bridgehead atoms. The van der Waals surface area contributed by atoms with Crippen LogP contribution in [-0.4, -0.2) is 36.7 Å². The number of carboxylic acids is 1. The van der Waals surface area contributed by atoms with Crippen molar-refractivity contribution in [1.29, 1.82) is 0 Å². The van der Waals surface area contributed by atoms with Crippen LogP contribution in [0.3, 0.4) is 0 Å². The molecule has 28 heavy (non-hydrogen) atoms. The van der Waals surface area contributed by atoms with Crippen LogP contribution in [0.4, 0.5) is 0 Å². The highest BCUT2D eigenvalue weighted by atomic mass is 35.5. The first-order valence-corrected chi connectivity index (χ1v) is 11.0. The largest absolute Gasteiger partial charge is 0.481 e. The van der Waals surface area contributed by atoms with Gasteiger partial charge in [0.25, 0.3) is 10.0 Å². The van der Waals surface area contributed by atoms with Gasteiger partial charge in [0.2, 0.25) is 0 Å². The monoisotopic (exact) mass is 435 g/mol. The van der Waals surface area contributed by atoms with Gasteiger partial charge in [0.1, 0.15) is 0 Å². The van der Waals surface area contributed by atoms with E-state index >= 15 is 0 Å². The number of halogens is 1. The Labute approximate surface area is 171 Å². The van der Waals surface area contributed by atoms with Gasteiger partial charge >= 0.3 is 5.97 Å². The van der Waals surface area contributed by atoms with Crippen molar-refractivity contribution >= 4 is 50.9 Å². The summed E-state index contributed by atoms with van der Waals surface area (Å²) in [7, 11) is -3.90. The number of sulfonamides is 1. The summed E-state index contributed by atoms with van der Waals surface area (Å²) in [4.78, 5) is 23.5. The summed E-state index contributed by atoms with van der Waals surface area (Å²) in [5.41, 5.74) is 1.32. The van der Waals surface area contributed by atoms with Gasteiger partial charge in [0.05, 0.1) is 22.1 Å². The molecule has 0 fully saturated rings. The zero-order valence-corrected chi connectivity index (χ0v) is 16.7. The van der Waals surface area contributed by atoms with Gasteiger partial charge < -0.3 is 5.11 Å². The van der Waals surface area contributed by atoms with Gasteiger partial charge in [-0.2, -0.15) is 4.40 Å². The average molecular weight is 436 g/mol. The Morgan fingerprint density at radius 1 is 1.07 bits per heavy atom.